The Morgan fingerprint density at radius 2 is 1.96 bits per heavy atom. The van der Waals surface area contributed by atoms with Gasteiger partial charge in [-0.1, -0.05) is 18.2 Å². The van der Waals surface area contributed by atoms with Gasteiger partial charge in [0, 0.05) is 43.5 Å². The first-order valence-electron chi connectivity index (χ1n) is 8.29. The number of carbonyl (C=O) groups is 1. The molecule has 0 saturated carbocycles. The molecule has 25 heavy (non-hydrogen) atoms. The van der Waals surface area contributed by atoms with E-state index in [4.69, 9.17) is 0 Å². The highest BCUT2D eigenvalue weighted by Gasteiger charge is 2.28. The minimum Gasteiger partial charge on any atom is -0.396 e. The monoisotopic (exact) mass is 341 g/mol. The van der Waals surface area contributed by atoms with E-state index in [1.807, 2.05) is 44.6 Å². The number of likely N-dealkylation sites (N-methyl/N-ethyl adjacent to an activating group) is 1. The molecule has 2 heterocycles. The lowest BCUT2D eigenvalue weighted by Crippen LogP contribution is -2.24. The van der Waals surface area contributed by atoms with E-state index in [0.29, 0.717) is 0 Å². The highest BCUT2D eigenvalue weighted by atomic mass is 16.3. The van der Waals surface area contributed by atoms with Gasteiger partial charge in [-0.3, -0.25) is 9.48 Å². The number of fused-ring (bicyclic) bond motifs is 1. The Balaban J connectivity index is 2.22. The van der Waals surface area contributed by atoms with Crippen LogP contribution in [0, 0.1) is 0 Å². The summed E-state index contributed by atoms with van der Waals surface area (Å²) in [4.78, 5) is 14.2. The Bertz CT molecular complexity index is 821. The molecule has 0 aliphatic carbocycles. The topological polar surface area (TPSA) is 78.6 Å². The molecule has 0 saturated heterocycles. The summed E-state index contributed by atoms with van der Waals surface area (Å²) in [7, 11) is 3.61. The van der Waals surface area contributed by atoms with Crippen molar-refractivity contribution in [3.05, 3.63) is 59.0 Å². The Morgan fingerprint density at radius 1 is 1.24 bits per heavy atom. The molecule has 1 aromatic carbocycles. The Hall–Kier alpha value is -2.44. The molecular formula is C19H23N3O3. The van der Waals surface area contributed by atoms with Crippen molar-refractivity contribution in [2.75, 3.05) is 20.3 Å². The van der Waals surface area contributed by atoms with Crippen molar-refractivity contribution in [1.82, 2.24) is 14.7 Å². The summed E-state index contributed by atoms with van der Waals surface area (Å²) in [6, 6.07) is 5.77. The van der Waals surface area contributed by atoms with Gasteiger partial charge in [-0.25, -0.2) is 0 Å². The lowest BCUT2D eigenvalue weighted by atomic mass is 9.87. The van der Waals surface area contributed by atoms with Gasteiger partial charge in [0.05, 0.1) is 25.3 Å². The van der Waals surface area contributed by atoms with Crippen LogP contribution in [0.25, 0.3) is 5.57 Å². The zero-order chi connectivity index (χ0) is 18.1. The predicted octanol–water partition coefficient (Wildman–Crippen LogP) is 1.45. The zero-order valence-corrected chi connectivity index (χ0v) is 14.7. The lowest BCUT2D eigenvalue weighted by Gasteiger charge is -2.18. The van der Waals surface area contributed by atoms with E-state index in [1.165, 1.54) is 0 Å². The van der Waals surface area contributed by atoms with Gasteiger partial charge in [0.15, 0.2) is 0 Å². The fourth-order valence-electron chi connectivity index (χ4n) is 3.26. The smallest absolute Gasteiger partial charge is 0.233 e. The molecule has 1 atom stereocenters. The van der Waals surface area contributed by atoms with Gasteiger partial charge in [0.25, 0.3) is 0 Å². The molecule has 1 amide bonds. The summed E-state index contributed by atoms with van der Waals surface area (Å²) in [5.41, 5.74) is 4.53. The number of rotatable bonds is 4. The molecule has 1 aliphatic heterocycles. The summed E-state index contributed by atoms with van der Waals surface area (Å²) in [6.07, 6.45) is 5.51. The number of aryl methyl sites for hydroxylation is 1. The van der Waals surface area contributed by atoms with Gasteiger partial charge < -0.3 is 15.1 Å². The van der Waals surface area contributed by atoms with Gasteiger partial charge in [0.2, 0.25) is 5.91 Å². The number of aliphatic hydroxyl groups excluding tert-OH is 2. The van der Waals surface area contributed by atoms with Crippen molar-refractivity contribution in [3.8, 4) is 0 Å². The molecule has 0 fully saturated rings. The highest BCUT2D eigenvalue weighted by molar-refractivity contribution is 5.93. The molecule has 6 nitrogen and oxygen atoms in total. The van der Waals surface area contributed by atoms with Crippen molar-refractivity contribution in [2.24, 2.45) is 7.05 Å². The summed E-state index contributed by atoms with van der Waals surface area (Å²) in [5.74, 6) is -0.595. The summed E-state index contributed by atoms with van der Waals surface area (Å²) in [6.45, 7) is 1.64. The quantitative estimate of drug-likeness (QED) is 0.882. The van der Waals surface area contributed by atoms with E-state index in [9.17, 15) is 15.0 Å². The Kier molecular flexibility index (Phi) is 4.74. The summed E-state index contributed by atoms with van der Waals surface area (Å²) >= 11 is 0. The van der Waals surface area contributed by atoms with Crippen LogP contribution in [0.3, 0.4) is 0 Å². The van der Waals surface area contributed by atoms with Gasteiger partial charge in [-0.15, -0.1) is 0 Å². The second-order valence-electron chi connectivity index (χ2n) is 6.53. The molecule has 0 radical (unpaired) electrons. The minimum absolute atomic E-state index is 0.0220. The summed E-state index contributed by atoms with van der Waals surface area (Å²) in [5, 5.41) is 23.3. The van der Waals surface area contributed by atoms with E-state index >= 15 is 0 Å². The van der Waals surface area contributed by atoms with Crippen molar-refractivity contribution < 1.29 is 15.0 Å². The second kappa shape index (κ2) is 6.82. The van der Waals surface area contributed by atoms with Gasteiger partial charge in [0.1, 0.15) is 0 Å². The van der Waals surface area contributed by atoms with Crippen LogP contribution >= 0.6 is 0 Å². The van der Waals surface area contributed by atoms with Crippen molar-refractivity contribution in [1.29, 1.82) is 0 Å². The number of aliphatic hydroxyl groups is 2. The third-order valence-electron chi connectivity index (χ3n) is 4.80. The van der Waals surface area contributed by atoms with E-state index in [2.05, 4.69) is 5.10 Å². The Labute approximate surface area is 147 Å². The van der Waals surface area contributed by atoms with E-state index in [0.717, 1.165) is 27.8 Å². The molecule has 0 bridgehead atoms. The standard InChI is InChI=1S/C19H23N3O3/c1-12-16-5-4-13(15(10-23)11-24)6-17(16)18(9-21(2)19(12)25)14-7-20-22(3)8-14/h4-9,12,15,23-24H,10-11H2,1-3H3/t12-/m1/s1. The van der Waals surface area contributed by atoms with Crippen LogP contribution in [-0.4, -0.2) is 51.1 Å². The molecule has 6 heteroatoms. The third kappa shape index (κ3) is 3.10. The normalized spacial score (nSPS) is 17.5. The maximum absolute atomic E-state index is 12.6. The molecule has 2 aromatic rings. The maximum Gasteiger partial charge on any atom is 0.233 e. The molecule has 132 valence electrons. The van der Waals surface area contributed by atoms with E-state index < -0.39 is 0 Å². The van der Waals surface area contributed by atoms with Crippen molar-refractivity contribution >= 4 is 11.5 Å². The number of carbonyl (C=O) groups excluding carboxylic acids is 1. The number of aromatic nitrogens is 2. The highest BCUT2D eigenvalue weighted by Crippen LogP contribution is 2.36. The number of amides is 1. The largest absolute Gasteiger partial charge is 0.396 e. The molecular weight excluding hydrogens is 318 g/mol. The van der Waals surface area contributed by atoms with Crippen LogP contribution in [0.1, 0.15) is 41.0 Å². The van der Waals surface area contributed by atoms with Gasteiger partial charge in [-0.05, 0) is 23.6 Å². The average Bonchev–Trinajstić information content (AvgIpc) is 3.01. The van der Waals surface area contributed by atoms with Gasteiger partial charge >= 0.3 is 0 Å². The minimum atomic E-state index is -0.340. The third-order valence-corrected chi connectivity index (χ3v) is 4.80. The molecule has 1 aliphatic rings. The first kappa shape index (κ1) is 17.4. The summed E-state index contributed by atoms with van der Waals surface area (Å²) < 4.78 is 1.72. The molecule has 2 N–H and O–H groups in total. The van der Waals surface area contributed by atoms with Crippen LogP contribution in [0.2, 0.25) is 0 Å². The zero-order valence-electron chi connectivity index (χ0n) is 14.7. The van der Waals surface area contributed by atoms with Crippen LogP contribution in [0.4, 0.5) is 0 Å². The van der Waals surface area contributed by atoms with Crippen LogP contribution in [-0.2, 0) is 11.8 Å². The Morgan fingerprint density at radius 3 is 2.56 bits per heavy atom. The number of hydrogen-bond donors (Lipinski definition) is 2. The maximum atomic E-state index is 12.6. The van der Waals surface area contributed by atoms with E-state index in [1.54, 1.807) is 22.8 Å². The molecule has 3 rings (SSSR count). The average molecular weight is 341 g/mol. The van der Waals surface area contributed by atoms with Crippen molar-refractivity contribution in [2.45, 2.75) is 18.8 Å². The molecule has 0 unspecified atom stereocenters. The number of hydrogen-bond acceptors (Lipinski definition) is 4. The fourth-order valence-corrected chi connectivity index (χ4v) is 3.26. The molecule has 1 aromatic heterocycles. The van der Waals surface area contributed by atoms with E-state index in [-0.39, 0.29) is 31.0 Å². The second-order valence-corrected chi connectivity index (χ2v) is 6.53. The van der Waals surface area contributed by atoms with Gasteiger partial charge in [-0.2, -0.15) is 5.10 Å². The number of nitrogens with zero attached hydrogens (tertiary/aromatic N) is 3. The lowest BCUT2D eigenvalue weighted by molar-refractivity contribution is -0.128. The fraction of sp³-hybridized carbons (Fsp3) is 0.368. The van der Waals surface area contributed by atoms with Crippen LogP contribution in [0.5, 0.6) is 0 Å². The van der Waals surface area contributed by atoms with Crippen LogP contribution in [0.15, 0.2) is 36.8 Å². The number of benzene rings is 1. The first-order chi connectivity index (χ1) is 12.0. The SMILES string of the molecule is C[C@H]1C(=O)N(C)C=C(c2cnn(C)c2)c2cc(C(CO)CO)ccc21. The predicted molar refractivity (Wildman–Crippen MR) is 94.8 cm³/mol. The van der Waals surface area contributed by atoms with Crippen molar-refractivity contribution in [3.63, 3.8) is 0 Å². The van der Waals surface area contributed by atoms with Crippen LogP contribution < -0.4 is 0 Å². The first-order valence-corrected chi connectivity index (χ1v) is 8.29. The molecule has 0 spiro atoms.